The van der Waals surface area contributed by atoms with Gasteiger partial charge in [0.15, 0.2) is 5.82 Å². The Morgan fingerprint density at radius 1 is 1.39 bits per heavy atom. The summed E-state index contributed by atoms with van der Waals surface area (Å²) in [5.41, 5.74) is 0.460. The topological polar surface area (TPSA) is 101 Å². The highest BCUT2D eigenvalue weighted by molar-refractivity contribution is 7.88. The Hall–Kier alpha value is -1.90. The van der Waals surface area contributed by atoms with Crippen molar-refractivity contribution in [3.63, 3.8) is 0 Å². The summed E-state index contributed by atoms with van der Waals surface area (Å²) in [7, 11) is -3.73. The number of hydrogen-bond donors (Lipinski definition) is 2. The largest absolute Gasteiger partial charge is 0.360 e. The molecule has 1 aromatic carbocycles. The maximum atomic E-state index is 12.1. The van der Waals surface area contributed by atoms with Crippen LogP contribution in [0.5, 0.6) is 0 Å². The molecule has 2 aromatic rings. The average Bonchev–Trinajstić information content (AvgIpc) is 2.86. The number of benzene rings is 1. The van der Waals surface area contributed by atoms with Crippen LogP contribution in [0.4, 0.5) is 5.82 Å². The molecule has 2 rings (SSSR count). The van der Waals surface area contributed by atoms with Gasteiger partial charge in [0.2, 0.25) is 15.9 Å². The van der Waals surface area contributed by atoms with Crippen molar-refractivity contribution in [3.05, 3.63) is 46.7 Å². The van der Waals surface area contributed by atoms with Gasteiger partial charge in [0.05, 0.1) is 11.8 Å². The Kier molecular flexibility index (Phi) is 5.40. The maximum absolute atomic E-state index is 12.1. The normalized spacial score (nSPS) is 12.8. The van der Waals surface area contributed by atoms with Crippen LogP contribution in [0.1, 0.15) is 18.2 Å². The van der Waals surface area contributed by atoms with Crippen LogP contribution in [-0.4, -0.2) is 25.5 Å². The van der Waals surface area contributed by atoms with E-state index in [9.17, 15) is 13.2 Å². The molecule has 0 aliphatic rings. The molecule has 23 heavy (non-hydrogen) atoms. The molecule has 0 spiro atoms. The lowest BCUT2D eigenvalue weighted by Crippen LogP contribution is -2.42. The molecule has 1 atom stereocenters. The maximum Gasteiger partial charge on any atom is 0.243 e. The molecule has 7 nitrogen and oxygen atoms in total. The number of aromatic nitrogens is 1. The molecule has 0 saturated carbocycles. The molecule has 0 aliphatic heterocycles. The summed E-state index contributed by atoms with van der Waals surface area (Å²) in [6, 6.07) is 7.18. The number of amides is 1. The Morgan fingerprint density at radius 3 is 2.70 bits per heavy atom. The van der Waals surface area contributed by atoms with E-state index in [1.807, 2.05) is 0 Å². The first-order chi connectivity index (χ1) is 10.8. The molecule has 0 saturated heterocycles. The highest BCUT2D eigenvalue weighted by atomic mass is 35.5. The van der Waals surface area contributed by atoms with Crippen molar-refractivity contribution in [3.8, 4) is 0 Å². The number of nitrogens with zero attached hydrogens (tertiary/aromatic N) is 1. The number of halogens is 1. The number of hydrogen-bond acceptors (Lipinski definition) is 5. The predicted molar refractivity (Wildman–Crippen MR) is 86.5 cm³/mol. The fourth-order valence-corrected chi connectivity index (χ4v) is 3.52. The van der Waals surface area contributed by atoms with Crippen molar-refractivity contribution in [1.82, 2.24) is 9.88 Å². The second kappa shape index (κ2) is 7.12. The Balaban J connectivity index is 1.99. The van der Waals surface area contributed by atoms with Crippen molar-refractivity contribution in [2.24, 2.45) is 0 Å². The van der Waals surface area contributed by atoms with E-state index in [0.29, 0.717) is 16.3 Å². The lowest BCUT2D eigenvalue weighted by atomic mass is 10.2. The van der Waals surface area contributed by atoms with Crippen molar-refractivity contribution < 1.29 is 17.7 Å². The molecule has 0 fully saturated rings. The zero-order valence-electron chi connectivity index (χ0n) is 12.5. The fourth-order valence-electron chi connectivity index (χ4n) is 1.84. The van der Waals surface area contributed by atoms with Crippen LogP contribution >= 0.6 is 11.6 Å². The first kappa shape index (κ1) is 17.5. The van der Waals surface area contributed by atoms with Gasteiger partial charge in [-0.25, -0.2) is 13.1 Å². The van der Waals surface area contributed by atoms with Gasteiger partial charge in [0.25, 0.3) is 0 Å². The molecule has 2 N–H and O–H groups in total. The molecule has 0 radical (unpaired) electrons. The van der Waals surface area contributed by atoms with E-state index >= 15 is 0 Å². The Labute approximate surface area is 139 Å². The van der Waals surface area contributed by atoms with Gasteiger partial charge in [-0.05, 0) is 25.5 Å². The van der Waals surface area contributed by atoms with Gasteiger partial charge in [-0.15, -0.1) is 0 Å². The van der Waals surface area contributed by atoms with E-state index in [4.69, 9.17) is 16.1 Å². The summed E-state index contributed by atoms with van der Waals surface area (Å²) in [6.45, 7) is 3.12. The minimum Gasteiger partial charge on any atom is -0.360 e. The summed E-state index contributed by atoms with van der Waals surface area (Å²) in [6.07, 6.45) is 0. The summed E-state index contributed by atoms with van der Waals surface area (Å²) in [5.74, 6) is -0.0918. The molecular weight excluding hydrogens is 342 g/mol. The summed E-state index contributed by atoms with van der Waals surface area (Å²) < 4.78 is 31.4. The van der Waals surface area contributed by atoms with Crippen LogP contribution < -0.4 is 10.0 Å². The van der Waals surface area contributed by atoms with Gasteiger partial charge in [-0.2, -0.15) is 0 Å². The van der Waals surface area contributed by atoms with E-state index in [0.717, 1.165) is 0 Å². The van der Waals surface area contributed by atoms with Crippen LogP contribution in [0.3, 0.4) is 0 Å². The number of anilines is 1. The summed E-state index contributed by atoms with van der Waals surface area (Å²) in [4.78, 5) is 12.0. The SMILES string of the molecule is Cc1cc(NC(=O)[C@@H](C)NS(=O)(=O)Cc2ccccc2Cl)no1. The second-order valence-corrected chi connectivity index (χ2v) is 7.16. The third kappa shape index (κ3) is 5.05. The van der Waals surface area contributed by atoms with Gasteiger partial charge >= 0.3 is 0 Å². The number of sulfonamides is 1. The van der Waals surface area contributed by atoms with Crippen LogP contribution in [0.25, 0.3) is 0 Å². The smallest absolute Gasteiger partial charge is 0.243 e. The van der Waals surface area contributed by atoms with Gasteiger partial charge in [-0.3, -0.25) is 4.79 Å². The monoisotopic (exact) mass is 357 g/mol. The lowest BCUT2D eigenvalue weighted by Gasteiger charge is -2.13. The second-order valence-electron chi connectivity index (χ2n) is 5.00. The van der Waals surface area contributed by atoms with Crippen LogP contribution in [0.2, 0.25) is 5.02 Å². The van der Waals surface area contributed by atoms with Crippen molar-refractivity contribution in [2.75, 3.05) is 5.32 Å². The lowest BCUT2D eigenvalue weighted by molar-refractivity contribution is -0.117. The third-order valence-electron chi connectivity index (χ3n) is 2.93. The van der Waals surface area contributed by atoms with Crippen LogP contribution in [0.15, 0.2) is 34.9 Å². The first-order valence-electron chi connectivity index (χ1n) is 6.74. The van der Waals surface area contributed by atoms with Gasteiger partial charge in [0, 0.05) is 11.1 Å². The van der Waals surface area contributed by atoms with Crippen LogP contribution in [0, 0.1) is 6.92 Å². The van der Waals surface area contributed by atoms with Crippen molar-refractivity contribution in [1.29, 1.82) is 0 Å². The fraction of sp³-hybridized carbons (Fsp3) is 0.286. The molecule has 0 unspecified atom stereocenters. The molecule has 0 bridgehead atoms. The zero-order valence-corrected chi connectivity index (χ0v) is 14.1. The summed E-state index contributed by atoms with van der Waals surface area (Å²) in [5, 5.41) is 6.43. The van der Waals surface area contributed by atoms with Gasteiger partial charge in [0.1, 0.15) is 5.76 Å². The molecule has 124 valence electrons. The molecule has 1 amide bonds. The molecule has 0 aliphatic carbocycles. The molecule has 9 heteroatoms. The number of aryl methyl sites for hydroxylation is 1. The highest BCUT2D eigenvalue weighted by Gasteiger charge is 2.22. The number of rotatable bonds is 6. The van der Waals surface area contributed by atoms with Crippen molar-refractivity contribution >= 4 is 33.3 Å². The Bertz CT molecular complexity index is 804. The Morgan fingerprint density at radius 2 is 2.09 bits per heavy atom. The molecular formula is C14H16ClN3O4S. The number of carbonyl (C=O) groups is 1. The third-order valence-corrected chi connectivity index (χ3v) is 4.70. The standard InChI is InChI=1S/C14H16ClN3O4S/c1-9-7-13(17-22-9)16-14(19)10(2)18-23(20,21)8-11-5-3-4-6-12(11)15/h3-7,10,18H,8H2,1-2H3,(H,16,17,19)/t10-/m1/s1. The average molecular weight is 358 g/mol. The van der Waals surface area contributed by atoms with E-state index in [-0.39, 0.29) is 11.6 Å². The number of carbonyl (C=O) groups excluding carboxylic acids is 1. The van der Waals surface area contributed by atoms with E-state index in [2.05, 4.69) is 15.2 Å². The highest BCUT2D eigenvalue weighted by Crippen LogP contribution is 2.17. The predicted octanol–water partition coefficient (Wildman–Crippen LogP) is 2.08. The minimum atomic E-state index is -3.73. The summed E-state index contributed by atoms with van der Waals surface area (Å²) >= 11 is 5.95. The number of nitrogens with one attached hydrogen (secondary N) is 2. The van der Waals surface area contributed by atoms with E-state index < -0.39 is 22.0 Å². The van der Waals surface area contributed by atoms with E-state index in [1.54, 1.807) is 31.2 Å². The van der Waals surface area contributed by atoms with Gasteiger partial charge < -0.3 is 9.84 Å². The first-order valence-corrected chi connectivity index (χ1v) is 8.77. The van der Waals surface area contributed by atoms with Crippen molar-refractivity contribution in [2.45, 2.75) is 25.6 Å². The quantitative estimate of drug-likeness (QED) is 0.824. The molecule has 1 heterocycles. The zero-order chi connectivity index (χ0) is 17.0. The van der Waals surface area contributed by atoms with Crippen LogP contribution in [-0.2, 0) is 20.6 Å². The minimum absolute atomic E-state index is 0.227. The molecule has 1 aromatic heterocycles. The van der Waals surface area contributed by atoms with E-state index in [1.165, 1.54) is 13.0 Å². The van der Waals surface area contributed by atoms with Gasteiger partial charge in [-0.1, -0.05) is 35.0 Å².